The quantitative estimate of drug-likeness (QED) is 0.165. The first-order chi connectivity index (χ1) is 22.3. The van der Waals surface area contributed by atoms with Crippen LogP contribution in [-0.2, 0) is 22.5 Å². The van der Waals surface area contributed by atoms with Crippen molar-refractivity contribution in [1.82, 2.24) is 14.8 Å². The van der Waals surface area contributed by atoms with Gasteiger partial charge in [0, 0.05) is 60.1 Å². The summed E-state index contributed by atoms with van der Waals surface area (Å²) >= 11 is 0. The van der Waals surface area contributed by atoms with E-state index in [1.54, 1.807) is 0 Å². The summed E-state index contributed by atoms with van der Waals surface area (Å²) in [5.41, 5.74) is 1.72. The molecule has 3 aromatic carbocycles. The Kier molecular flexibility index (Phi) is 9.51. The number of anilines is 1. The van der Waals surface area contributed by atoms with Gasteiger partial charge < -0.3 is 24.7 Å². The minimum atomic E-state index is -1.60. The number of aromatic nitrogens is 1. The summed E-state index contributed by atoms with van der Waals surface area (Å²) in [6, 6.07) is 18.3. The van der Waals surface area contributed by atoms with Crippen molar-refractivity contribution in [2.75, 3.05) is 51.4 Å². The second-order valence-electron chi connectivity index (χ2n) is 12.2. The maximum Gasteiger partial charge on any atom is 0.410 e. The maximum absolute atomic E-state index is 16.1. The molecular formula is C35H38F4N4O3. The third kappa shape index (κ3) is 6.71. The minimum absolute atomic E-state index is 0.0262. The maximum atomic E-state index is 16.1. The molecule has 46 heavy (non-hydrogen) atoms. The first-order valence-corrected chi connectivity index (χ1v) is 15.6. The van der Waals surface area contributed by atoms with E-state index < -0.39 is 36.1 Å². The number of benzene rings is 3. The fourth-order valence-corrected chi connectivity index (χ4v) is 6.44. The minimum Gasteiger partial charge on any atom is -0.445 e. The van der Waals surface area contributed by atoms with Crippen molar-refractivity contribution in [3.8, 4) is 0 Å². The Balaban J connectivity index is 1.21. The first-order valence-electron chi connectivity index (χ1n) is 15.6. The largest absolute Gasteiger partial charge is 0.445 e. The van der Waals surface area contributed by atoms with E-state index in [0.717, 1.165) is 22.0 Å². The van der Waals surface area contributed by atoms with Gasteiger partial charge in [-0.3, -0.25) is 9.29 Å². The van der Waals surface area contributed by atoms with Gasteiger partial charge >= 0.3 is 6.09 Å². The standard InChI is InChI=1S/C35H38F4N4O3/c1-23-16-27-26-10-5-6-11-30(26)41-32(27)33(43(23)20-35(39)21-45-22-35)31-28(37)17-25(18-29(31)38)40-13-15-42(14-7-12-36)34(44)46-19-24-8-3-2-4-9-24/h2-6,8-11,17-18,23,33,40-41H,7,12-16,19-22H2,1H3/t23-,33-/m1/s1. The monoisotopic (exact) mass is 638 g/mol. The van der Waals surface area contributed by atoms with Crippen molar-refractivity contribution in [3.05, 3.63) is 101 Å². The lowest BCUT2D eigenvalue weighted by atomic mass is 9.86. The van der Waals surface area contributed by atoms with Crippen molar-refractivity contribution in [2.45, 2.75) is 44.1 Å². The summed E-state index contributed by atoms with van der Waals surface area (Å²) in [5.74, 6) is -1.55. The van der Waals surface area contributed by atoms with E-state index in [2.05, 4.69) is 10.3 Å². The van der Waals surface area contributed by atoms with Gasteiger partial charge in [0.05, 0.1) is 25.9 Å². The highest BCUT2D eigenvalue weighted by atomic mass is 19.1. The van der Waals surface area contributed by atoms with Crippen LogP contribution < -0.4 is 5.32 Å². The summed E-state index contributed by atoms with van der Waals surface area (Å²) in [6.07, 6.45) is 0.133. The second kappa shape index (κ2) is 13.7. The number of H-pyrrole nitrogens is 1. The second-order valence-corrected chi connectivity index (χ2v) is 12.2. The van der Waals surface area contributed by atoms with E-state index in [1.807, 2.05) is 66.4 Å². The molecule has 0 bridgehead atoms. The highest BCUT2D eigenvalue weighted by molar-refractivity contribution is 5.85. The van der Waals surface area contributed by atoms with Crippen molar-refractivity contribution in [3.63, 3.8) is 0 Å². The topological polar surface area (TPSA) is 69.8 Å². The molecule has 1 amide bonds. The number of fused-ring (bicyclic) bond motifs is 3. The summed E-state index contributed by atoms with van der Waals surface area (Å²) in [5, 5.41) is 3.97. The first kappa shape index (κ1) is 31.9. The van der Waals surface area contributed by atoms with Crippen LogP contribution in [0, 0.1) is 11.6 Å². The molecular weight excluding hydrogens is 600 g/mol. The third-order valence-corrected chi connectivity index (χ3v) is 8.79. The molecule has 2 atom stereocenters. The number of aromatic amines is 1. The number of amides is 1. The van der Waals surface area contributed by atoms with Crippen LogP contribution in [0.4, 0.5) is 28.0 Å². The fourth-order valence-electron chi connectivity index (χ4n) is 6.44. The van der Waals surface area contributed by atoms with Gasteiger partial charge in [-0.25, -0.2) is 18.0 Å². The molecule has 11 heteroatoms. The molecule has 0 saturated carbocycles. The lowest BCUT2D eigenvalue weighted by molar-refractivity contribution is -0.148. The Labute approximate surface area is 265 Å². The van der Waals surface area contributed by atoms with Gasteiger partial charge in [0.25, 0.3) is 0 Å². The third-order valence-electron chi connectivity index (χ3n) is 8.79. The van der Waals surface area contributed by atoms with E-state index in [1.165, 1.54) is 17.0 Å². The van der Waals surface area contributed by atoms with Crippen LogP contribution in [0.15, 0.2) is 66.7 Å². The Morgan fingerprint density at radius 1 is 1.09 bits per heavy atom. The highest BCUT2D eigenvalue weighted by Crippen LogP contribution is 2.44. The Morgan fingerprint density at radius 2 is 1.80 bits per heavy atom. The van der Waals surface area contributed by atoms with E-state index in [4.69, 9.17) is 9.47 Å². The molecule has 1 fully saturated rings. The Bertz CT molecular complexity index is 1640. The Hall–Kier alpha value is -4.09. The van der Waals surface area contributed by atoms with Gasteiger partial charge in [0.15, 0.2) is 5.67 Å². The smallest absolute Gasteiger partial charge is 0.410 e. The molecule has 7 nitrogen and oxygen atoms in total. The van der Waals surface area contributed by atoms with E-state index in [-0.39, 0.29) is 69.7 Å². The molecule has 2 aliphatic heterocycles. The van der Waals surface area contributed by atoms with E-state index in [9.17, 15) is 9.18 Å². The number of nitrogens with zero attached hydrogens (tertiary/aromatic N) is 2. The van der Waals surface area contributed by atoms with Crippen LogP contribution >= 0.6 is 0 Å². The van der Waals surface area contributed by atoms with Crippen LogP contribution in [0.3, 0.4) is 0 Å². The molecule has 6 rings (SSSR count). The van der Waals surface area contributed by atoms with Crippen molar-refractivity contribution in [2.24, 2.45) is 0 Å². The lowest BCUT2D eigenvalue weighted by Gasteiger charge is -2.46. The van der Waals surface area contributed by atoms with Gasteiger partial charge in [0.1, 0.15) is 18.2 Å². The molecule has 4 aromatic rings. The number of ether oxygens (including phenoxy) is 2. The molecule has 0 spiro atoms. The number of para-hydroxylation sites is 1. The molecule has 0 aliphatic carbocycles. The van der Waals surface area contributed by atoms with Crippen molar-refractivity contribution in [1.29, 1.82) is 0 Å². The molecule has 2 N–H and O–H groups in total. The molecule has 3 heterocycles. The predicted octanol–water partition coefficient (Wildman–Crippen LogP) is 6.93. The van der Waals surface area contributed by atoms with Gasteiger partial charge in [-0.15, -0.1) is 0 Å². The normalized spacial score (nSPS) is 19.0. The van der Waals surface area contributed by atoms with Crippen LogP contribution in [-0.4, -0.2) is 78.7 Å². The molecule has 0 radical (unpaired) electrons. The van der Waals surface area contributed by atoms with Gasteiger partial charge in [0.2, 0.25) is 0 Å². The molecule has 1 saturated heterocycles. The average molecular weight is 639 g/mol. The summed E-state index contributed by atoms with van der Waals surface area (Å²) in [7, 11) is 0. The van der Waals surface area contributed by atoms with Gasteiger partial charge in [-0.1, -0.05) is 48.5 Å². The number of alkyl halides is 2. The fraction of sp³-hybridized carbons (Fsp3) is 0.400. The molecule has 0 unspecified atom stereocenters. The SMILES string of the molecule is C[C@@H]1Cc2c([nH]c3ccccc23)[C@@H](c2c(F)cc(NCCN(CCCF)C(=O)OCc3ccccc3)cc2F)N1CC1(F)COC1. The predicted molar refractivity (Wildman–Crippen MR) is 168 cm³/mol. The zero-order chi connectivity index (χ0) is 32.3. The average Bonchev–Trinajstić information content (AvgIpc) is 3.40. The number of hydrogen-bond acceptors (Lipinski definition) is 5. The summed E-state index contributed by atoms with van der Waals surface area (Å²) < 4.78 is 71.0. The molecule has 244 valence electrons. The van der Waals surface area contributed by atoms with E-state index >= 15 is 13.2 Å². The van der Waals surface area contributed by atoms with Crippen molar-refractivity contribution >= 4 is 22.7 Å². The van der Waals surface area contributed by atoms with Crippen LogP contribution in [0.25, 0.3) is 10.9 Å². The number of hydrogen-bond donors (Lipinski definition) is 2. The lowest BCUT2D eigenvalue weighted by Crippen LogP contribution is -2.57. The van der Waals surface area contributed by atoms with Crippen LogP contribution in [0.1, 0.15) is 41.8 Å². The number of rotatable bonds is 12. The molecule has 2 aliphatic rings. The highest BCUT2D eigenvalue weighted by Gasteiger charge is 2.46. The zero-order valence-corrected chi connectivity index (χ0v) is 25.7. The van der Waals surface area contributed by atoms with Crippen LogP contribution in [0.5, 0.6) is 0 Å². The summed E-state index contributed by atoms with van der Waals surface area (Å²) in [4.78, 5) is 19.3. The Morgan fingerprint density at radius 3 is 2.50 bits per heavy atom. The van der Waals surface area contributed by atoms with Gasteiger partial charge in [-0.2, -0.15) is 0 Å². The summed E-state index contributed by atoms with van der Waals surface area (Å²) in [6.45, 7) is 1.70. The zero-order valence-electron chi connectivity index (χ0n) is 25.7. The van der Waals surface area contributed by atoms with Crippen LogP contribution in [0.2, 0.25) is 0 Å². The number of halogens is 4. The van der Waals surface area contributed by atoms with Gasteiger partial charge in [-0.05, 0) is 49.1 Å². The molecule has 1 aromatic heterocycles. The number of nitrogens with one attached hydrogen (secondary N) is 2. The number of carbonyl (C=O) groups excluding carboxylic acids is 1. The number of carbonyl (C=O) groups is 1. The van der Waals surface area contributed by atoms with Crippen molar-refractivity contribution < 1.29 is 31.8 Å². The van der Waals surface area contributed by atoms with E-state index in [0.29, 0.717) is 12.1 Å².